The van der Waals surface area contributed by atoms with E-state index in [2.05, 4.69) is 19.2 Å². The van der Waals surface area contributed by atoms with Crippen molar-refractivity contribution in [2.24, 2.45) is 0 Å². The molecule has 2 N–H and O–H groups in total. The molecule has 1 aliphatic heterocycles. The average molecular weight is 175 g/mol. The normalized spacial score (nSPS) is 20.0. The van der Waals surface area contributed by atoms with Crippen LogP contribution in [-0.4, -0.2) is 23.8 Å². The van der Waals surface area contributed by atoms with Crippen LogP contribution in [0.15, 0.2) is 0 Å². The van der Waals surface area contributed by atoms with Gasteiger partial charge in [0.25, 0.3) is 0 Å². The maximum Gasteiger partial charge on any atom is 0.0644 e. The van der Waals surface area contributed by atoms with E-state index in [0.717, 1.165) is 25.9 Å². The molecule has 1 aliphatic rings. The van der Waals surface area contributed by atoms with Crippen LogP contribution in [0.5, 0.6) is 0 Å². The molecule has 0 radical (unpaired) electrons. The van der Waals surface area contributed by atoms with Gasteiger partial charge in [-0.25, -0.2) is 0 Å². The van der Waals surface area contributed by atoms with Gasteiger partial charge in [-0.05, 0) is 32.9 Å². The van der Waals surface area contributed by atoms with Crippen LogP contribution in [0.4, 0.5) is 0 Å². The summed E-state index contributed by atoms with van der Waals surface area (Å²) in [6, 6.07) is 0. The Bertz CT molecular complexity index is 83.8. The number of hydrogen-bond acceptors (Lipinski definition) is 2. The van der Waals surface area contributed by atoms with Crippen LogP contribution < -0.4 is 5.32 Å². The first-order valence-corrected chi connectivity index (χ1v) is 4.55. The summed E-state index contributed by atoms with van der Waals surface area (Å²) in [7, 11) is 0. The van der Waals surface area contributed by atoms with Gasteiger partial charge in [0.15, 0.2) is 0 Å². The molecule has 12 heavy (non-hydrogen) atoms. The Labute approximate surface area is 77.4 Å². The molecule has 0 atom stereocenters. The highest BCUT2D eigenvalue weighted by atomic mass is 16.3. The third-order valence-corrected chi connectivity index (χ3v) is 1.68. The van der Waals surface area contributed by atoms with Crippen molar-refractivity contribution in [2.75, 3.05) is 13.1 Å². The van der Waals surface area contributed by atoms with Crippen LogP contribution in [0.3, 0.4) is 0 Å². The first-order chi connectivity index (χ1) is 5.12. The molecular formula is C10H25NO. The Morgan fingerprint density at radius 3 is 1.75 bits per heavy atom. The Balaban J connectivity index is 0. The molecule has 1 heterocycles. The van der Waals surface area contributed by atoms with E-state index < -0.39 is 0 Å². The lowest BCUT2D eigenvalue weighted by Crippen LogP contribution is -2.39. The number of rotatable bonds is 0. The summed E-state index contributed by atoms with van der Waals surface area (Å²) >= 11 is 0. The highest BCUT2D eigenvalue weighted by Crippen LogP contribution is 2.15. The molecule has 2 nitrogen and oxygen atoms in total. The molecule has 0 amide bonds. The van der Waals surface area contributed by atoms with Gasteiger partial charge in [0.05, 0.1) is 5.60 Å². The Hall–Kier alpha value is -0.0800. The van der Waals surface area contributed by atoms with E-state index in [1.807, 2.05) is 6.92 Å². The summed E-state index contributed by atoms with van der Waals surface area (Å²) < 4.78 is 0. The standard InChI is InChI=1S/C6H13NO.C3H8.CH4/c1-6(8)2-4-7-5-3-6;1-3-2;/h7-8H,2-5H2,1H3;3H2,1-2H3;1H4. The zero-order chi connectivity index (χ0) is 8.74. The monoisotopic (exact) mass is 175 g/mol. The van der Waals surface area contributed by atoms with Crippen molar-refractivity contribution >= 4 is 0 Å². The fourth-order valence-electron chi connectivity index (χ4n) is 0.965. The van der Waals surface area contributed by atoms with Crippen molar-refractivity contribution in [3.8, 4) is 0 Å². The van der Waals surface area contributed by atoms with Crippen LogP contribution in [0, 0.1) is 0 Å². The van der Waals surface area contributed by atoms with Crippen molar-refractivity contribution < 1.29 is 5.11 Å². The molecule has 0 saturated carbocycles. The molecule has 0 bridgehead atoms. The Kier molecular flexibility index (Phi) is 9.10. The lowest BCUT2D eigenvalue weighted by atomic mass is 9.95. The molecule has 0 aromatic carbocycles. The molecule has 0 aliphatic carbocycles. The minimum Gasteiger partial charge on any atom is -0.390 e. The fourth-order valence-corrected chi connectivity index (χ4v) is 0.965. The lowest BCUT2D eigenvalue weighted by molar-refractivity contribution is 0.0291. The molecule has 0 aromatic rings. The smallest absolute Gasteiger partial charge is 0.0644 e. The Morgan fingerprint density at radius 2 is 1.58 bits per heavy atom. The van der Waals surface area contributed by atoms with Crippen molar-refractivity contribution in [3.63, 3.8) is 0 Å². The van der Waals surface area contributed by atoms with Crippen LogP contribution in [0.2, 0.25) is 0 Å². The fraction of sp³-hybridized carbons (Fsp3) is 1.00. The van der Waals surface area contributed by atoms with Gasteiger partial charge in [-0.1, -0.05) is 27.7 Å². The first-order valence-electron chi connectivity index (χ1n) is 4.55. The molecule has 0 aromatic heterocycles. The zero-order valence-corrected chi connectivity index (χ0v) is 7.98. The van der Waals surface area contributed by atoms with Crippen molar-refractivity contribution in [3.05, 3.63) is 0 Å². The summed E-state index contributed by atoms with van der Waals surface area (Å²) in [4.78, 5) is 0. The van der Waals surface area contributed by atoms with Crippen molar-refractivity contribution in [1.29, 1.82) is 0 Å². The maximum absolute atomic E-state index is 9.33. The number of aliphatic hydroxyl groups is 1. The van der Waals surface area contributed by atoms with Crippen molar-refractivity contribution in [1.82, 2.24) is 5.32 Å². The number of piperidine rings is 1. The van der Waals surface area contributed by atoms with E-state index in [0.29, 0.717) is 0 Å². The van der Waals surface area contributed by atoms with Gasteiger partial charge in [0, 0.05) is 0 Å². The van der Waals surface area contributed by atoms with E-state index in [1.54, 1.807) is 0 Å². The van der Waals surface area contributed by atoms with E-state index >= 15 is 0 Å². The molecule has 1 saturated heterocycles. The Morgan fingerprint density at radius 1 is 1.25 bits per heavy atom. The van der Waals surface area contributed by atoms with Crippen LogP contribution in [0.25, 0.3) is 0 Å². The average Bonchev–Trinajstić information content (AvgIpc) is 1.88. The molecule has 1 rings (SSSR count). The van der Waals surface area contributed by atoms with Crippen molar-refractivity contribution in [2.45, 2.75) is 53.1 Å². The highest BCUT2D eigenvalue weighted by Gasteiger charge is 2.21. The second kappa shape index (κ2) is 7.56. The predicted octanol–water partition coefficient (Wildman–Crippen LogP) is 2.17. The van der Waals surface area contributed by atoms with Gasteiger partial charge >= 0.3 is 0 Å². The molecule has 76 valence electrons. The maximum atomic E-state index is 9.33. The largest absolute Gasteiger partial charge is 0.390 e. The first kappa shape index (κ1) is 14.4. The van der Waals surface area contributed by atoms with Gasteiger partial charge in [0.2, 0.25) is 0 Å². The van der Waals surface area contributed by atoms with Gasteiger partial charge < -0.3 is 10.4 Å². The summed E-state index contributed by atoms with van der Waals surface area (Å²) in [5, 5.41) is 12.5. The van der Waals surface area contributed by atoms with Crippen LogP contribution in [-0.2, 0) is 0 Å². The number of nitrogens with one attached hydrogen (secondary N) is 1. The van der Waals surface area contributed by atoms with E-state index in [-0.39, 0.29) is 13.0 Å². The second-order valence-corrected chi connectivity index (χ2v) is 3.45. The van der Waals surface area contributed by atoms with Gasteiger partial charge in [-0.2, -0.15) is 0 Å². The summed E-state index contributed by atoms with van der Waals surface area (Å²) in [6.45, 7) is 8.08. The SMILES string of the molecule is C.CC1(O)CCNCC1.CCC. The van der Waals surface area contributed by atoms with Crippen LogP contribution >= 0.6 is 0 Å². The molecule has 0 unspecified atom stereocenters. The molecule has 1 fully saturated rings. The lowest BCUT2D eigenvalue weighted by Gasteiger charge is -2.27. The minimum atomic E-state index is -0.384. The topological polar surface area (TPSA) is 32.3 Å². The van der Waals surface area contributed by atoms with Gasteiger partial charge in [0.1, 0.15) is 0 Å². The molecular weight excluding hydrogens is 150 g/mol. The summed E-state index contributed by atoms with van der Waals surface area (Å²) in [6.07, 6.45) is 3.04. The predicted molar refractivity (Wildman–Crippen MR) is 55.4 cm³/mol. The van der Waals surface area contributed by atoms with E-state index in [9.17, 15) is 5.11 Å². The van der Waals surface area contributed by atoms with E-state index in [4.69, 9.17) is 0 Å². The summed E-state index contributed by atoms with van der Waals surface area (Å²) in [5.74, 6) is 0. The third-order valence-electron chi connectivity index (χ3n) is 1.68. The summed E-state index contributed by atoms with van der Waals surface area (Å²) in [5.41, 5.74) is -0.384. The molecule has 2 heteroatoms. The quantitative estimate of drug-likeness (QED) is 0.591. The third kappa shape index (κ3) is 8.02. The van der Waals surface area contributed by atoms with Gasteiger partial charge in [-0.15, -0.1) is 0 Å². The van der Waals surface area contributed by atoms with Gasteiger partial charge in [-0.3, -0.25) is 0 Å². The zero-order valence-electron chi connectivity index (χ0n) is 7.98. The van der Waals surface area contributed by atoms with Crippen LogP contribution in [0.1, 0.15) is 47.5 Å². The number of hydrogen-bond donors (Lipinski definition) is 2. The van der Waals surface area contributed by atoms with E-state index in [1.165, 1.54) is 6.42 Å². The molecule has 0 spiro atoms. The second-order valence-electron chi connectivity index (χ2n) is 3.45. The minimum absolute atomic E-state index is 0. The highest BCUT2D eigenvalue weighted by molar-refractivity contribution is 4.78.